The minimum Gasteiger partial charge on any atom is -0.319 e. The topological polar surface area (TPSA) is 52.7 Å². The van der Waals surface area contributed by atoms with E-state index in [1.165, 1.54) is 0 Å². The van der Waals surface area contributed by atoms with Gasteiger partial charge in [-0.3, -0.25) is 0 Å². The van der Waals surface area contributed by atoms with Crippen molar-refractivity contribution in [2.45, 2.75) is 40.0 Å². The Morgan fingerprint density at radius 1 is 1.40 bits per heavy atom. The van der Waals surface area contributed by atoms with Crippen LogP contribution in [0.3, 0.4) is 0 Å². The lowest BCUT2D eigenvalue weighted by Crippen LogP contribution is -2.50. The van der Waals surface area contributed by atoms with Crippen molar-refractivity contribution in [3.05, 3.63) is 0 Å². The van der Waals surface area contributed by atoms with Crippen LogP contribution in [0.4, 0.5) is 0 Å². The van der Waals surface area contributed by atoms with Crippen LogP contribution in [0.25, 0.3) is 0 Å². The first kappa shape index (κ1) is 17.9. The lowest BCUT2D eigenvalue weighted by molar-refractivity contribution is 0.240. The average molecular weight is 305 g/mol. The smallest absolute Gasteiger partial charge is 0.281 e. The molecule has 0 radical (unpaired) electrons. The minimum atomic E-state index is -3.29. The van der Waals surface area contributed by atoms with Gasteiger partial charge in [0.2, 0.25) is 0 Å². The molecule has 1 saturated heterocycles. The molecule has 5 nitrogen and oxygen atoms in total. The maximum absolute atomic E-state index is 12.7. The number of hydrogen-bond donors (Lipinski definition) is 1. The molecule has 1 rings (SSSR count). The summed E-state index contributed by atoms with van der Waals surface area (Å²) >= 11 is 0. The minimum absolute atomic E-state index is 0.405. The highest BCUT2D eigenvalue weighted by Crippen LogP contribution is 2.21. The maximum atomic E-state index is 12.7. The molecule has 120 valence electrons. The van der Waals surface area contributed by atoms with E-state index in [-0.39, 0.29) is 0 Å². The summed E-state index contributed by atoms with van der Waals surface area (Å²) in [6, 6.07) is 0. The SMILES string of the molecule is CCC(C)CN(CC)S(=O)(=O)N1CCCC(CNC)C1. The van der Waals surface area contributed by atoms with Gasteiger partial charge in [-0.05, 0) is 38.3 Å². The molecule has 1 heterocycles. The van der Waals surface area contributed by atoms with E-state index in [0.29, 0.717) is 38.0 Å². The zero-order valence-electron chi connectivity index (χ0n) is 13.4. The number of piperidine rings is 1. The van der Waals surface area contributed by atoms with Gasteiger partial charge in [0.1, 0.15) is 0 Å². The van der Waals surface area contributed by atoms with Gasteiger partial charge in [-0.2, -0.15) is 17.0 Å². The van der Waals surface area contributed by atoms with E-state index >= 15 is 0 Å². The summed E-state index contributed by atoms with van der Waals surface area (Å²) in [5.74, 6) is 0.841. The van der Waals surface area contributed by atoms with E-state index in [9.17, 15) is 8.42 Å². The molecular weight excluding hydrogens is 274 g/mol. The van der Waals surface area contributed by atoms with Crippen LogP contribution < -0.4 is 5.32 Å². The van der Waals surface area contributed by atoms with Crippen molar-refractivity contribution in [2.75, 3.05) is 39.8 Å². The first-order valence-corrected chi connectivity index (χ1v) is 9.25. The highest BCUT2D eigenvalue weighted by molar-refractivity contribution is 7.86. The van der Waals surface area contributed by atoms with E-state index in [4.69, 9.17) is 0 Å². The number of nitrogens with zero attached hydrogens (tertiary/aromatic N) is 2. The van der Waals surface area contributed by atoms with E-state index < -0.39 is 10.2 Å². The quantitative estimate of drug-likeness (QED) is 0.740. The van der Waals surface area contributed by atoms with Gasteiger partial charge in [-0.15, -0.1) is 0 Å². The van der Waals surface area contributed by atoms with Crippen molar-refractivity contribution in [2.24, 2.45) is 11.8 Å². The number of hydrogen-bond acceptors (Lipinski definition) is 3. The Hall–Kier alpha value is -0.170. The third-order valence-corrected chi connectivity index (χ3v) is 6.24. The molecule has 20 heavy (non-hydrogen) atoms. The van der Waals surface area contributed by atoms with Gasteiger partial charge < -0.3 is 5.32 Å². The Morgan fingerprint density at radius 2 is 2.10 bits per heavy atom. The molecule has 1 aliphatic rings. The average Bonchev–Trinajstić information content (AvgIpc) is 2.44. The third kappa shape index (κ3) is 4.69. The van der Waals surface area contributed by atoms with E-state index in [0.717, 1.165) is 25.8 Å². The van der Waals surface area contributed by atoms with Crippen LogP contribution in [0.15, 0.2) is 0 Å². The fourth-order valence-corrected chi connectivity index (χ4v) is 4.57. The highest BCUT2D eigenvalue weighted by Gasteiger charge is 2.33. The Morgan fingerprint density at radius 3 is 2.65 bits per heavy atom. The Bertz CT molecular complexity index is 371. The van der Waals surface area contributed by atoms with Crippen molar-refractivity contribution in [1.82, 2.24) is 13.9 Å². The normalized spacial score (nSPS) is 23.1. The van der Waals surface area contributed by atoms with Crippen molar-refractivity contribution in [1.29, 1.82) is 0 Å². The van der Waals surface area contributed by atoms with Gasteiger partial charge >= 0.3 is 0 Å². The second-order valence-electron chi connectivity index (χ2n) is 5.90. The predicted octanol–water partition coefficient (Wildman–Crippen LogP) is 1.53. The molecule has 0 aromatic rings. The maximum Gasteiger partial charge on any atom is 0.281 e. The van der Waals surface area contributed by atoms with Gasteiger partial charge in [0.05, 0.1) is 0 Å². The Balaban J connectivity index is 2.74. The molecule has 0 bridgehead atoms. The molecule has 0 aromatic carbocycles. The first-order valence-electron chi connectivity index (χ1n) is 7.85. The van der Waals surface area contributed by atoms with Crippen LogP contribution in [-0.4, -0.2) is 56.8 Å². The largest absolute Gasteiger partial charge is 0.319 e. The standard InChI is InChI=1S/C14H31N3O2S/c1-5-13(3)11-16(6-2)20(18,19)17-9-7-8-14(12-17)10-15-4/h13-15H,5-12H2,1-4H3. The summed E-state index contributed by atoms with van der Waals surface area (Å²) in [6.07, 6.45) is 3.09. The molecular formula is C14H31N3O2S. The molecule has 6 heteroatoms. The van der Waals surface area contributed by atoms with Crippen LogP contribution in [0.2, 0.25) is 0 Å². The van der Waals surface area contributed by atoms with Crippen molar-refractivity contribution in [3.63, 3.8) is 0 Å². The Kier molecular flexibility index (Phi) is 7.43. The molecule has 2 unspecified atom stereocenters. The zero-order valence-corrected chi connectivity index (χ0v) is 14.2. The second kappa shape index (κ2) is 8.32. The summed E-state index contributed by atoms with van der Waals surface area (Å²) in [5, 5.41) is 3.16. The van der Waals surface area contributed by atoms with Gasteiger partial charge in [0, 0.05) is 26.2 Å². The molecule has 2 atom stereocenters. The van der Waals surface area contributed by atoms with Gasteiger partial charge in [0.25, 0.3) is 10.2 Å². The van der Waals surface area contributed by atoms with Gasteiger partial charge in [-0.25, -0.2) is 0 Å². The first-order chi connectivity index (χ1) is 9.45. The van der Waals surface area contributed by atoms with Crippen molar-refractivity contribution in [3.8, 4) is 0 Å². The van der Waals surface area contributed by atoms with Crippen LogP contribution in [-0.2, 0) is 10.2 Å². The van der Waals surface area contributed by atoms with E-state index in [1.54, 1.807) is 8.61 Å². The summed E-state index contributed by atoms with van der Waals surface area (Å²) in [5.41, 5.74) is 0. The molecule has 0 saturated carbocycles. The lowest BCUT2D eigenvalue weighted by Gasteiger charge is -2.36. The molecule has 0 spiro atoms. The predicted molar refractivity (Wildman–Crippen MR) is 83.8 cm³/mol. The number of nitrogens with one attached hydrogen (secondary N) is 1. The highest BCUT2D eigenvalue weighted by atomic mass is 32.2. The van der Waals surface area contributed by atoms with Crippen molar-refractivity contribution >= 4 is 10.2 Å². The molecule has 0 amide bonds. The summed E-state index contributed by atoms with van der Waals surface area (Å²) in [4.78, 5) is 0. The van der Waals surface area contributed by atoms with E-state index in [2.05, 4.69) is 19.2 Å². The summed E-state index contributed by atoms with van der Waals surface area (Å²) < 4.78 is 28.8. The second-order valence-corrected chi connectivity index (χ2v) is 7.82. The Labute approximate surface area is 124 Å². The van der Waals surface area contributed by atoms with Crippen LogP contribution in [0, 0.1) is 11.8 Å². The third-order valence-electron chi connectivity index (χ3n) is 4.19. The van der Waals surface area contributed by atoms with Crippen LogP contribution in [0.5, 0.6) is 0 Å². The van der Waals surface area contributed by atoms with Crippen molar-refractivity contribution < 1.29 is 8.42 Å². The fraction of sp³-hybridized carbons (Fsp3) is 1.00. The molecule has 0 aliphatic carbocycles. The van der Waals surface area contributed by atoms with E-state index in [1.807, 2.05) is 14.0 Å². The van der Waals surface area contributed by atoms with Crippen LogP contribution >= 0.6 is 0 Å². The summed E-state index contributed by atoms with van der Waals surface area (Å²) in [6.45, 7) is 9.54. The molecule has 1 fully saturated rings. The van der Waals surface area contributed by atoms with Gasteiger partial charge in [0.15, 0.2) is 0 Å². The monoisotopic (exact) mass is 305 g/mol. The zero-order chi connectivity index (χ0) is 15.2. The van der Waals surface area contributed by atoms with Crippen LogP contribution in [0.1, 0.15) is 40.0 Å². The molecule has 1 aliphatic heterocycles. The fourth-order valence-electron chi connectivity index (χ4n) is 2.72. The summed E-state index contributed by atoms with van der Waals surface area (Å²) in [7, 11) is -1.37. The van der Waals surface area contributed by atoms with Gasteiger partial charge in [-0.1, -0.05) is 27.2 Å². The molecule has 1 N–H and O–H groups in total. The lowest BCUT2D eigenvalue weighted by atomic mass is 10.00. The number of rotatable bonds is 8. The molecule has 0 aromatic heterocycles.